The van der Waals surface area contributed by atoms with E-state index >= 15 is 0 Å². The van der Waals surface area contributed by atoms with Crippen molar-refractivity contribution in [3.05, 3.63) is 23.0 Å². The van der Waals surface area contributed by atoms with Gasteiger partial charge < -0.3 is 14.7 Å². The summed E-state index contributed by atoms with van der Waals surface area (Å²) in [7, 11) is 0. The van der Waals surface area contributed by atoms with Crippen LogP contribution >= 0.6 is 12.4 Å². The molecule has 0 spiro atoms. The summed E-state index contributed by atoms with van der Waals surface area (Å²) in [5, 5.41) is 8.47. The van der Waals surface area contributed by atoms with Crippen molar-refractivity contribution in [2.75, 3.05) is 39.3 Å². The molecule has 5 rings (SSSR count). The van der Waals surface area contributed by atoms with Crippen LogP contribution < -0.4 is 5.32 Å². The maximum Gasteiger partial charge on any atom is 0.259 e. The number of aromatic nitrogens is 2. The lowest BCUT2D eigenvalue weighted by molar-refractivity contribution is 0.0775. The fourth-order valence-corrected chi connectivity index (χ4v) is 4.59. The molecule has 1 saturated carbocycles. The number of hydrogen-bond donors (Lipinski definition) is 1. The molecule has 7 nitrogen and oxygen atoms in total. The average Bonchev–Trinajstić information content (AvgIpc) is 3.28. The molecule has 3 fully saturated rings. The minimum Gasteiger partial charge on any atom is -0.337 e. The largest absolute Gasteiger partial charge is 0.337 e. The molecule has 2 saturated heterocycles. The Morgan fingerprint density at radius 3 is 2.66 bits per heavy atom. The molecule has 0 aromatic carbocycles. The SMILES string of the molecule is CC(C)c1noc2nc(C3CC3)cc(C(=O)N3CCC(N4CCNCC4)C3)c12.Cl. The summed E-state index contributed by atoms with van der Waals surface area (Å²) in [4.78, 5) is 22.8. The average molecular weight is 420 g/mol. The van der Waals surface area contributed by atoms with Gasteiger partial charge in [0.15, 0.2) is 0 Å². The zero-order valence-electron chi connectivity index (χ0n) is 17.2. The lowest BCUT2D eigenvalue weighted by atomic mass is 10.0. The molecule has 2 aliphatic heterocycles. The Hall–Kier alpha value is -1.70. The first-order valence-electron chi connectivity index (χ1n) is 10.7. The summed E-state index contributed by atoms with van der Waals surface area (Å²) >= 11 is 0. The normalized spacial score (nSPS) is 23.0. The molecule has 1 N–H and O–H groups in total. The summed E-state index contributed by atoms with van der Waals surface area (Å²) in [5.74, 6) is 0.765. The Morgan fingerprint density at radius 2 is 1.97 bits per heavy atom. The summed E-state index contributed by atoms with van der Waals surface area (Å²) < 4.78 is 5.55. The number of nitrogens with one attached hydrogen (secondary N) is 1. The van der Waals surface area contributed by atoms with Gasteiger partial charge in [0.2, 0.25) is 0 Å². The van der Waals surface area contributed by atoms with E-state index in [1.54, 1.807) is 0 Å². The van der Waals surface area contributed by atoms with Gasteiger partial charge in [-0.15, -0.1) is 12.4 Å². The number of halogens is 1. The molecule has 0 bridgehead atoms. The third kappa shape index (κ3) is 3.88. The van der Waals surface area contributed by atoms with Crippen LogP contribution in [-0.2, 0) is 0 Å². The highest BCUT2D eigenvalue weighted by Gasteiger charge is 2.34. The van der Waals surface area contributed by atoms with E-state index in [4.69, 9.17) is 4.52 Å². The molecule has 1 aliphatic carbocycles. The standard InChI is InChI=1S/C21H29N5O2.ClH/c1-13(2)19-18-16(11-17(14-3-4-14)23-20(18)28-24-19)21(27)26-8-5-15(12-26)25-9-6-22-7-10-25;/h11,13-15,22H,3-10,12H2,1-2H3;1H. The van der Waals surface area contributed by atoms with E-state index in [2.05, 4.69) is 34.2 Å². The third-order valence-electron chi connectivity index (χ3n) is 6.38. The van der Waals surface area contributed by atoms with E-state index in [9.17, 15) is 4.79 Å². The number of pyridine rings is 1. The summed E-state index contributed by atoms with van der Waals surface area (Å²) in [5.41, 5.74) is 3.08. The molecule has 0 radical (unpaired) electrons. The quantitative estimate of drug-likeness (QED) is 0.821. The summed E-state index contributed by atoms with van der Waals surface area (Å²) in [6, 6.07) is 2.49. The number of amides is 1. The highest BCUT2D eigenvalue weighted by Crippen LogP contribution is 2.41. The summed E-state index contributed by atoms with van der Waals surface area (Å²) in [6.45, 7) is 10.0. The number of piperazine rings is 1. The zero-order chi connectivity index (χ0) is 19.3. The smallest absolute Gasteiger partial charge is 0.259 e. The molecule has 2 aromatic heterocycles. The highest BCUT2D eigenvalue weighted by molar-refractivity contribution is 6.06. The Bertz CT molecular complexity index is 889. The number of carbonyl (C=O) groups is 1. The predicted molar refractivity (Wildman–Crippen MR) is 114 cm³/mol. The van der Waals surface area contributed by atoms with Crippen LogP contribution in [0.3, 0.4) is 0 Å². The fraction of sp³-hybridized carbons (Fsp3) is 0.667. The van der Waals surface area contributed by atoms with E-state index in [-0.39, 0.29) is 24.2 Å². The maximum absolute atomic E-state index is 13.6. The van der Waals surface area contributed by atoms with Crippen molar-refractivity contribution in [3.63, 3.8) is 0 Å². The van der Waals surface area contributed by atoms with E-state index in [1.807, 2.05) is 11.0 Å². The number of fused-ring (bicyclic) bond motifs is 1. The van der Waals surface area contributed by atoms with Crippen LogP contribution in [0.15, 0.2) is 10.6 Å². The number of likely N-dealkylation sites (tertiary alicyclic amines) is 1. The monoisotopic (exact) mass is 419 g/mol. The van der Waals surface area contributed by atoms with Crippen molar-refractivity contribution in [3.8, 4) is 0 Å². The second-order valence-corrected chi connectivity index (χ2v) is 8.75. The highest BCUT2D eigenvalue weighted by atomic mass is 35.5. The Balaban J connectivity index is 0.00000205. The number of hydrogen-bond acceptors (Lipinski definition) is 6. The van der Waals surface area contributed by atoms with Gasteiger partial charge in [0.1, 0.15) is 0 Å². The molecule has 2 aromatic rings. The van der Waals surface area contributed by atoms with E-state index in [0.717, 1.165) is 80.9 Å². The van der Waals surface area contributed by atoms with Crippen LogP contribution in [0.1, 0.15) is 66.7 Å². The first kappa shape index (κ1) is 20.6. The predicted octanol–water partition coefficient (Wildman–Crippen LogP) is 2.77. The topological polar surface area (TPSA) is 74.5 Å². The molecular formula is C21H30ClN5O2. The molecular weight excluding hydrogens is 390 g/mol. The molecule has 1 unspecified atom stereocenters. The van der Waals surface area contributed by atoms with Crippen molar-refractivity contribution in [1.29, 1.82) is 0 Å². The fourth-order valence-electron chi connectivity index (χ4n) is 4.59. The molecule has 4 heterocycles. The van der Waals surface area contributed by atoms with E-state index < -0.39 is 0 Å². The number of rotatable bonds is 4. The zero-order valence-corrected chi connectivity index (χ0v) is 18.0. The van der Waals surface area contributed by atoms with Crippen molar-refractivity contribution in [2.24, 2.45) is 0 Å². The van der Waals surface area contributed by atoms with Crippen LogP contribution in [0.2, 0.25) is 0 Å². The van der Waals surface area contributed by atoms with Gasteiger partial charge in [0, 0.05) is 56.9 Å². The second-order valence-electron chi connectivity index (χ2n) is 8.75. The Morgan fingerprint density at radius 1 is 1.21 bits per heavy atom. The minimum atomic E-state index is 0. The van der Waals surface area contributed by atoms with Gasteiger partial charge in [-0.1, -0.05) is 19.0 Å². The van der Waals surface area contributed by atoms with Gasteiger partial charge in [-0.2, -0.15) is 0 Å². The van der Waals surface area contributed by atoms with Gasteiger partial charge in [-0.05, 0) is 31.2 Å². The lowest BCUT2D eigenvalue weighted by Crippen LogP contribution is -2.49. The van der Waals surface area contributed by atoms with Crippen molar-refractivity contribution in [1.82, 2.24) is 25.3 Å². The third-order valence-corrected chi connectivity index (χ3v) is 6.38. The van der Waals surface area contributed by atoms with Crippen LogP contribution in [0, 0.1) is 0 Å². The van der Waals surface area contributed by atoms with Crippen LogP contribution in [0.5, 0.6) is 0 Å². The lowest BCUT2D eigenvalue weighted by Gasteiger charge is -2.32. The first-order valence-corrected chi connectivity index (χ1v) is 10.7. The molecule has 1 amide bonds. The number of nitrogens with zero attached hydrogens (tertiary/aromatic N) is 4. The summed E-state index contributed by atoms with van der Waals surface area (Å²) in [6.07, 6.45) is 3.34. The van der Waals surface area contributed by atoms with Gasteiger partial charge >= 0.3 is 0 Å². The molecule has 3 aliphatic rings. The van der Waals surface area contributed by atoms with Crippen molar-refractivity contribution in [2.45, 2.75) is 51.0 Å². The molecule has 1 atom stereocenters. The van der Waals surface area contributed by atoms with Crippen molar-refractivity contribution < 1.29 is 9.32 Å². The second kappa shape index (κ2) is 8.20. The van der Waals surface area contributed by atoms with Gasteiger partial charge in [0.25, 0.3) is 11.6 Å². The Kier molecular flexibility index (Phi) is 5.82. The van der Waals surface area contributed by atoms with Gasteiger partial charge in [0.05, 0.1) is 16.6 Å². The van der Waals surface area contributed by atoms with E-state index in [0.29, 0.717) is 17.7 Å². The van der Waals surface area contributed by atoms with Crippen LogP contribution in [-0.4, -0.2) is 71.2 Å². The van der Waals surface area contributed by atoms with Crippen LogP contribution in [0.25, 0.3) is 11.1 Å². The van der Waals surface area contributed by atoms with Gasteiger partial charge in [-0.3, -0.25) is 9.69 Å². The van der Waals surface area contributed by atoms with Gasteiger partial charge in [-0.25, -0.2) is 4.98 Å². The Labute approximate surface area is 177 Å². The van der Waals surface area contributed by atoms with E-state index in [1.165, 1.54) is 0 Å². The minimum absolute atomic E-state index is 0. The molecule has 8 heteroatoms. The molecule has 158 valence electrons. The van der Waals surface area contributed by atoms with Crippen LogP contribution in [0.4, 0.5) is 0 Å². The van der Waals surface area contributed by atoms with Crippen molar-refractivity contribution >= 4 is 29.4 Å². The molecule has 29 heavy (non-hydrogen) atoms. The maximum atomic E-state index is 13.6. The first-order chi connectivity index (χ1) is 13.6. The number of carbonyl (C=O) groups excluding carboxylic acids is 1.